The van der Waals surface area contributed by atoms with Crippen LogP contribution in [0.1, 0.15) is 11.1 Å². The van der Waals surface area contributed by atoms with E-state index in [1.165, 1.54) is 11.3 Å². The lowest BCUT2D eigenvalue weighted by Crippen LogP contribution is -2.03. The number of carbonyl (C=O) groups excluding carboxylic acids is 1. The number of nitrogens with zero attached hydrogens (tertiary/aromatic N) is 1. The molecular weight excluding hydrogens is 494 g/mol. The molecule has 8 heteroatoms. The number of carbonyl (C=O) groups is 1. The van der Waals surface area contributed by atoms with Crippen molar-refractivity contribution in [3.05, 3.63) is 55.8 Å². The van der Waals surface area contributed by atoms with E-state index in [1.54, 1.807) is 18.2 Å². The van der Waals surface area contributed by atoms with Gasteiger partial charge in [-0.15, -0.1) is 11.3 Å². The van der Waals surface area contributed by atoms with Crippen molar-refractivity contribution in [1.82, 2.24) is 4.98 Å². The summed E-state index contributed by atoms with van der Waals surface area (Å²) in [7, 11) is 1.84. The van der Waals surface area contributed by atoms with Crippen LogP contribution in [-0.4, -0.2) is 23.0 Å². The van der Waals surface area contributed by atoms with Crippen LogP contribution >= 0.6 is 43.2 Å². The number of thiazole rings is 1. The zero-order valence-corrected chi connectivity index (χ0v) is 18.0. The molecule has 0 atom stereocenters. The molecule has 2 heterocycles. The van der Waals surface area contributed by atoms with E-state index in [1.807, 2.05) is 30.6 Å². The zero-order valence-electron chi connectivity index (χ0n) is 14.0. The number of aromatic hydroxyl groups is 1. The molecular formula is C19H13Br2N3O2S. The van der Waals surface area contributed by atoms with Gasteiger partial charge in [0, 0.05) is 34.8 Å². The lowest BCUT2D eigenvalue weighted by molar-refractivity contribution is -0.110. The third-order valence-corrected chi connectivity index (χ3v) is 6.24. The van der Waals surface area contributed by atoms with Crippen molar-refractivity contribution < 1.29 is 9.90 Å². The topological polar surface area (TPSA) is 74.2 Å². The second kappa shape index (κ2) is 7.10. The fourth-order valence-electron chi connectivity index (χ4n) is 2.85. The highest BCUT2D eigenvalue weighted by molar-refractivity contribution is 9.11. The van der Waals surface area contributed by atoms with Crippen molar-refractivity contribution in [3.63, 3.8) is 0 Å². The van der Waals surface area contributed by atoms with E-state index < -0.39 is 0 Å². The van der Waals surface area contributed by atoms with E-state index in [-0.39, 0.29) is 11.7 Å². The molecule has 4 rings (SSSR count). The summed E-state index contributed by atoms with van der Waals surface area (Å²) in [5.74, 6) is -0.0313. The highest BCUT2D eigenvalue weighted by Crippen LogP contribution is 2.39. The number of phenolic OH excluding ortho intramolecular Hbond substituents is 1. The van der Waals surface area contributed by atoms with Crippen LogP contribution in [0.5, 0.6) is 5.75 Å². The summed E-state index contributed by atoms with van der Waals surface area (Å²) in [6.45, 7) is 0. The molecule has 1 aromatic heterocycles. The lowest BCUT2D eigenvalue weighted by atomic mass is 10.0. The first-order chi connectivity index (χ1) is 13.0. The number of hydrogen-bond acceptors (Lipinski definition) is 5. The number of amides is 1. The minimum Gasteiger partial charge on any atom is -0.506 e. The van der Waals surface area contributed by atoms with Crippen molar-refractivity contribution in [2.75, 3.05) is 17.7 Å². The Labute approximate surface area is 176 Å². The number of phenols is 1. The van der Waals surface area contributed by atoms with E-state index in [0.29, 0.717) is 14.5 Å². The predicted molar refractivity (Wildman–Crippen MR) is 117 cm³/mol. The van der Waals surface area contributed by atoms with Crippen LogP contribution in [0, 0.1) is 0 Å². The Kier molecular flexibility index (Phi) is 4.79. The molecule has 27 heavy (non-hydrogen) atoms. The maximum atomic E-state index is 12.5. The fraction of sp³-hybridized carbons (Fsp3) is 0.0526. The largest absolute Gasteiger partial charge is 0.506 e. The summed E-state index contributed by atoms with van der Waals surface area (Å²) in [4.78, 5) is 17.0. The van der Waals surface area contributed by atoms with Crippen LogP contribution in [0.15, 0.2) is 44.7 Å². The van der Waals surface area contributed by atoms with Gasteiger partial charge in [-0.25, -0.2) is 4.98 Å². The van der Waals surface area contributed by atoms with Crippen LogP contribution in [0.3, 0.4) is 0 Å². The molecule has 3 aromatic rings. The third-order valence-electron chi connectivity index (χ3n) is 4.17. The van der Waals surface area contributed by atoms with Gasteiger partial charge in [-0.2, -0.15) is 0 Å². The van der Waals surface area contributed by atoms with Crippen LogP contribution in [0.4, 0.5) is 10.8 Å². The van der Waals surface area contributed by atoms with Gasteiger partial charge in [-0.3, -0.25) is 4.79 Å². The van der Waals surface area contributed by atoms with E-state index in [2.05, 4.69) is 47.5 Å². The average Bonchev–Trinajstić information content (AvgIpc) is 3.24. The molecule has 0 spiro atoms. The monoisotopic (exact) mass is 505 g/mol. The quantitative estimate of drug-likeness (QED) is 0.405. The van der Waals surface area contributed by atoms with Gasteiger partial charge in [-0.1, -0.05) is 6.07 Å². The summed E-state index contributed by atoms with van der Waals surface area (Å²) in [6, 6.07) is 9.34. The molecule has 0 unspecified atom stereocenters. The number of hydrogen-bond donors (Lipinski definition) is 3. The number of nitrogens with one attached hydrogen (secondary N) is 2. The first-order valence-corrected chi connectivity index (χ1v) is 10.4. The summed E-state index contributed by atoms with van der Waals surface area (Å²) in [6.07, 6.45) is 1.81. The second-order valence-corrected chi connectivity index (χ2v) is 8.46. The number of rotatable bonds is 3. The Balaban J connectivity index is 1.79. The smallest absolute Gasteiger partial charge is 0.256 e. The molecule has 1 amide bonds. The number of benzene rings is 2. The lowest BCUT2D eigenvalue weighted by Gasteiger charge is -2.05. The van der Waals surface area contributed by atoms with E-state index in [9.17, 15) is 9.90 Å². The van der Waals surface area contributed by atoms with Crippen LogP contribution in [-0.2, 0) is 4.79 Å². The molecule has 0 radical (unpaired) electrons. The van der Waals surface area contributed by atoms with Gasteiger partial charge >= 0.3 is 0 Å². The molecule has 0 aliphatic carbocycles. The fourth-order valence-corrected chi connectivity index (χ4v) is 4.75. The molecule has 0 saturated heterocycles. The third kappa shape index (κ3) is 3.40. The van der Waals surface area contributed by atoms with Crippen LogP contribution in [0.25, 0.3) is 22.9 Å². The zero-order chi connectivity index (χ0) is 19.1. The minimum absolute atomic E-state index is 0.125. The molecule has 1 aliphatic heterocycles. The van der Waals surface area contributed by atoms with Crippen LogP contribution < -0.4 is 10.6 Å². The SMILES string of the molecule is CNc1nc(-c2ccc3c(c2)/C(=C/c2cc(Br)c(O)c(Br)c2)C(=O)N3)cs1. The highest BCUT2D eigenvalue weighted by Gasteiger charge is 2.25. The predicted octanol–water partition coefficient (Wildman–Crippen LogP) is 5.58. The first kappa shape index (κ1) is 18.2. The van der Waals surface area contributed by atoms with Gasteiger partial charge in [0.15, 0.2) is 5.13 Å². The minimum atomic E-state index is -0.156. The van der Waals surface area contributed by atoms with Gasteiger partial charge in [0.1, 0.15) is 5.75 Å². The Morgan fingerprint density at radius 3 is 2.63 bits per heavy atom. The second-order valence-electron chi connectivity index (χ2n) is 5.89. The molecule has 0 fully saturated rings. The van der Waals surface area contributed by atoms with Gasteiger partial charge in [0.2, 0.25) is 0 Å². The number of fused-ring (bicyclic) bond motifs is 1. The van der Waals surface area contributed by atoms with Crippen LogP contribution in [0.2, 0.25) is 0 Å². The molecule has 0 saturated carbocycles. The summed E-state index contributed by atoms with van der Waals surface area (Å²) in [5.41, 5.74) is 4.78. The molecule has 2 aromatic carbocycles. The standard InChI is InChI=1S/C19H13Br2N3O2S/c1-22-19-24-16(8-27-19)10-2-3-15-11(7-10)12(18(26)23-15)4-9-5-13(20)17(25)14(21)6-9/h2-8,25H,1H3,(H,22,24)(H,23,26)/b12-4-. The normalized spacial score (nSPS) is 14.3. The summed E-state index contributed by atoms with van der Waals surface area (Å²) in [5, 5.41) is 18.6. The van der Waals surface area contributed by atoms with Gasteiger partial charge in [0.25, 0.3) is 5.91 Å². The van der Waals surface area contributed by atoms with Crippen molar-refractivity contribution in [1.29, 1.82) is 0 Å². The number of anilines is 2. The van der Waals surface area contributed by atoms with Gasteiger partial charge in [-0.05, 0) is 67.8 Å². The van der Waals surface area contributed by atoms with Crippen molar-refractivity contribution >= 4 is 71.6 Å². The summed E-state index contributed by atoms with van der Waals surface area (Å²) < 4.78 is 1.11. The van der Waals surface area contributed by atoms with Crippen molar-refractivity contribution in [2.24, 2.45) is 0 Å². The van der Waals surface area contributed by atoms with Crippen molar-refractivity contribution in [3.8, 4) is 17.0 Å². The van der Waals surface area contributed by atoms with E-state index in [4.69, 9.17) is 0 Å². The number of aromatic nitrogens is 1. The molecule has 0 bridgehead atoms. The molecule has 5 nitrogen and oxygen atoms in total. The average molecular weight is 507 g/mol. The molecule has 3 N–H and O–H groups in total. The maximum Gasteiger partial charge on any atom is 0.256 e. The first-order valence-electron chi connectivity index (χ1n) is 7.95. The Morgan fingerprint density at radius 1 is 1.22 bits per heavy atom. The Bertz CT molecular complexity index is 1090. The highest BCUT2D eigenvalue weighted by atomic mass is 79.9. The summed E-state index contributed by atoms with van der Waals surface area (Å²) >= 11 is 8.18. The molecule has 1 aliphatic rings. The maximum absolute atomic E-state index is 12.5. The van der Waals surface area contributed by atoms with Crippen molar-refractivity contribution in [2.45, 2.75) is 0 Å². The van der Waals surface area contributed by atoms with E-state index in [0.717, 1.165) is 33.2 Å². The van der Waals surface area contributed by atoms with Gasteiger partial charge in [0.05, 0.1) is 14.6 Å². The Hall–Kier alpha value is -2.16. The Morgan fingerprint density at radius 2 is 1.96 bits per heavy atom. The number of halogens is 2. The van der Waals surface area contributed by atoms with Gasteiger partial charge < -0.3 is 15.7 Å². The molecule has 136 valence electrons. The van der Waals surface area contributed by atoms with E-state index >= 15 is 0 Å².